The Kier molecular flexibility index (Phi) is 9.65. The van der Waals surface area contributed by atoms with Crippen molar-refractivity contribution in [2.24, 2.45) is 4.99 Å². The average Bonchev–Trinajstić information content (AvgIpc) is 3.55. The Bertz CT molecular complexity index is 1570. The molecule has 0 aliphatic carbocycles. The highest BCUT2D eigenvalue weighted by molar-refractivity contribution is 7.12. The van der Waals surface area contributed by atoms with Crippen molar-refractivity contribution < 1.29 is 32.6 Å². The van der Waals surface area contributed by atoms with Crippen LogP contribution in [0.15, 0.2) is 59.0 Å². The summed E-state index contributed by atoms with van der Waals surface area (Å²) < 4.78 is 46.7. The first-order valence-electron chi connectivity index (χ1n) is 15.5. The number of halogens is 3. The molecule has 0 saturated carbocycles. The van der Waals surface area contributed by atoms with Gasteiger partial charge in [-0.15, -0.1) is 11.3 Å². The second kappa shape index (κ2) is 13.2. The van der Waals surface area contributed by atoms with E-state index in [0.717, 1.165) is 44.4 Å². The lowest BCUT2D eigenvalue weighted by atomic mass is 9.90. The fraction of sp³-hybridized carbons (Fsp3) is 0.485. The lowest BCUT2D eigenvalue weighted by Crippen LogP contribution is -2.51. The summed E-state index contributed by atoms with van der Waals surface area (Å²) in [6.07, 6.45) is -1.68. The molecule has 0 bridgehead atoms. The second-order valence-corrected chi connectivity index (χ2v) is 14.6. The van der Waals surface area contributed by atoms with Gasteiger partial charge in [-0.1, -0.05) is 24.3 Å². The summed E-state index contributed by atoms with van der Waals surface area (Å²) in [5.41, 5.74) is 5.74. The van der Waals surface area contributed by atoms with Crippen molar-refractivity contribution >= 4 is 35.4 Å². The standard InChI is InChI=1S/C33H41F3N6O4S/c1-21-6-11-26(47-21)24(33(34,35)36)16-27(43)42-14-12-32(45,13-15-42)19-41-18-25-28(38-20-41)29(40(5)39-25)23-9-7-22(8-10-23)17-37-30(44)46-31(2,3)4/h6-11,18,20,24,39,45H,12-17,19H2,1-5H3,(H,37,44)/t24-/m1/s1. The van der Waals surface area contributed by atoms with Crippen LogP contribution in [0.3, 0.4) is 0 Å². The monoisotopic (exact) mass is 674 g/mol. The van der Waals surface area contributed by atoms with Crippen LogP contribution in [0.25, 0.3) is 5.70 Å². The molecule has 5 rings (SSSR count). The summed E-state index contributed by atoms with van der Waals surface area (Å²) >= 11 is 1.06. The Balaban J connectivity index is 1.17. The Hall–Kier alpha value is -4.04. The number of aryl methyl sites for hydroxylation is 1. The number of fused-ring (bicyclic) bond motifs is 1. The highest BCUT2D eigenvalue weighted by atomic mass is 32.1. The molecule has 1 aromatic heterocycles. The number of aliphatic imine (C=N–C) groups is 1. The summed E-state index contributed by atoms with van der Waals surface area (Å²) in [5, 5.41) is 16.0. The maximum Gasteiger partial charge on any atom is 0.407 e. The number of alkyl carbamates (subject to hydrolysis) is 1. The van der Waals surface area contributed by atoms with Gasteiger partial charge in [0.15, 0.2) is 0 Å². The highest BCUT2D eigenvalue weighted by Crippen LogP contribution is 2.41. The van der Waals surface area contributed by atoms with Gasteiger partial charge in [0.05, 0.1) is 35.8 Å². The molecule has 47 heavy (non-hydrogen) atoms. The van der Waals surface area contributed by atoms with E-state index in [1.54, 1.807) is 24.2 Å². The number of nitrogens with one attached hydrogen (secondary N) is 2. The van der Waals surface area contributed by atoms with Gasteiger partial charge < -0.3 is 25.0 Å². The maximum absolute atomic E-state index is 13.8. The van der Waals surface area contributed by atoms with Crippen molar-refractivity contribution in [3.63, 3.8) is 0 Å². The Morgan fingerprint density at radius 3 is 2.40 bits per heavy atom. The molecule has 3 N–H and O–H groups in total. The molecule has 1 saturated heterocycles. The molecule has 0 unspecified atom stereocenters. The lowest BCUT2D eigenvalue weighted by molar-refractivity contribution is -0.161. The molecule has 1 atom stereocenters. The number of carbonyl (C=O) groups is 2. The molecule has 0 spiro atoms. The fourth-order valence-corrected chi connectivity index (χ4v) is 6.81. The minimum absolute atomic E-state index is 0.140. The number of β-amino-alcohol motifs (C(OH)–C–C–N with tert-alkyl or cyclic N) is 1. The second-order valence-electron chi connectivity index (χ2n) is 13.2. The fourth-order valence-electron chi connectivity index (χ4n) is 5.81. The molecule has 2 amide bonds. The van der Waals surface area contributed by atoms with E-state index in [1.165, 1.54) is 11.0 Å². The van der Waals surface area contributed by atoms with Gasteiger partial charge in [0.1, 0.15) is 11.3 Å². The zero-order chi connectivity index (χ0) is 34.1. The molecule has 1 fully saturated rings. The van der Waals surface area contributed by atoms with E-state index in [4.69, 9.17) is 4.74 Å². The van der Waals surface area contributed by atoms with Crippen molar-refractivity contribution in [3.05, 3.63) is 74.9 Å². The minimum Gasteiger partial charge on any atom is -0.444 e. The van der Waals surface area contributed by atoms with Gasteiger partial charge in [-0.2, -0.15) is 13.2 Å². The number of likely N-dealkylation sites (tertiary alicyclic amines) is 1. The van der Waals surface area contributed by atoms with E-state index in [1.807, 2.05) is 63.3 Å². The lowest BCUT2D eigenvalue weighted by Gasteiger charge is -2.40. The van der Waals surface area contributed by atoms with E-state index >= 15 is 0 Å². The molecule has 0 radical (unpaired) electrons. The minimum atomic E-state index is -4.52. The zero-order valence-electron chi connectivity index (χ0n) is 27.1. The SMILES string of the molecule is Cc1ccc([C@@H](CC(=O)N2CCC(O)(CN3C=NC4=C(c5ccc(CNC(=O)OC(C)(C)C)cc5)N(C)NC4=C3)CC2)C(F)(F)F)s1. The predicted molar refractivity (Wildman–Crippen MR) is 174 cm³/mol. The first-order chi connectivity index (χ1) is 22.0. The molecule has 3 aliphatic rings. The van der Waals surface area contributed by atoms with Crippen LogP contribution in [0.1, 0.15) is 66.8 Å². The van der Waals surface area contributed by atoms with Crippen LogP contribution in [-0.4, -0.2) is 82.3 Å². The van der Waals surface area contributed by atoms with Gasteiger partial charge in [-0.25, -0.2) is 9.79 Å². The molecular formula is C33H41F3N6O4S. The molecule has 4 heterocycles. The maximum atomic E-state index is 13.8. The number of carbonyl (C=O) groups excluding carboxylic acids is 2. The quantitative estimate of drug-likeness (QED) is 0.341. The van der Waals surface area contributed by atoms with Gasteiger partial charge in [-0.05, 0) is 58.2 Å². The number of thiophene rings is 1. The summed E-state index contributed by atoms with van der Waals surface area (Å²) in [6, 6.07) is 10.8. The number of aliphatic hydroxyl groups is 1. The van der Waals surface area contributed by atoms with E-state index in [0.29, 0.717) is 6.54 Å². The third-order valence-electron chi connectivity index (χ3n) is 8.20. The number of rotatable bonds is 8. The smallest absolute Gasteiger partial charge is 0.407 e. The first kappa shape index (κ1) is 34.3. The van der Waals surface area contributed by atoms with Crippen molar-refractivity contribution in [1.29, 1.82) is 0 Å². The summed E-state index contributed by atoms with van der Waals surface area (Å²) in [7, 11) is 1.88. The van der Waals surface area contributed by atoms with Crippen molar-refractivity contribution in [3.8, 4) is 0 Å². The van der Waals surface area contributed by atoms with Crippen LogP contribution in [0.4, 0.5) is 18.0 Å². The first-order valence-corrected chi connectivity index (χ1v) is 16.3. The predicted octanol–water partition coefficient (Wildman–Crippen LogP) is 5.47. The van der Waals surface area contributed by atoms with Gasteiger partial charge in [0, 0.05) is 54.6 Å². The third-order valence-corrected chi connectivity index (χ3v) is 9.31. The van der Waals surface area contributed by atoms with Crippen LogP contribution in [0.2, 0.25) is 0 Å². The number of alkyl halides is 3. The Morgan fingerprint density at radius 2 is 1.81 bits per heavy atom. The normalized spacial score (nSPS) is 18.5. The van der Waals surface area contributed by atoms with Gasteiger partial charge in [0.25, 0.3) is 0 Å². The van der Waals surface area contributed by atoms with Crippen molar-refractivity contribution in [2.45, 2.75) is 76.8 Å². The molecule has 1 aromatic carbocycles. The number of ether oxygens (including phenoxy) is 1. The van der Waals surface area contributed by atoms with Crippen LogP contribution in [0, 0.1) is 6.92 Å². The van der Waals surface area contributed by atoms with Gasteiger partial charge in [0.2, 0.25) is 5.91 Å². The Morgan fingerprint density at radius 1 is 1.13 bits per heavy atom. The highest BCUT2D eigenvalue weighted by Gasteiger charge is 2.44. The van der Waals surface area contributed by atoms with Crippen molar-refractivity contribution in [1.82, 2.24) is 25.6 Å². The van der Waals surface area contributed by atoms with Crippen molar-refractivity contribution in [2.75, 3.05) is 26.7 Å². The summed E-state index contributed by atoms with van der Waals surface area (Å²) in [5.74, 6) is -2.40. The largest absolute Gasteiger partial charge is 0.444 e. The molecule has 3 aliphatic heterocycles. The van der Waals surface area contributed by atoms with Crippen LogP contribution in [0.5, 0.6) is 0 Å². The van der Waals surface area contributed by atoms with Crippen LogP contribution in [-0.2, 0) is 16.1 Å². The number of piperidine rings is 1. The topological polar surface area (TPSA) is 110 Å². The van der Waals surface area contributed by atoms with E-state index in [2.05, 4.69) is 15.7 Å². The summed E-state index contributed by atoms with van der Waals surface area (Å²) in [6.45, 7) is 8.05. The molecule has 10 nitrogen and oxygen atoms in total. The Labute approximate surface area is 276 Å². The zero-order valence-corrected chi connectivity index (χ0v) is 28.0. The van der Waals surface area contributed by atoms with E-state index < -0.39 is 41.7 Å². The molecule has 2 aromatic rings. The number of benzene rings is 1. The number of hydrazine groups is 1. The van der Waals surface area contributed by atoms with E-state index in [-0.39, 0.29) is 37.4 Å². The van der Waals surface area contributed by atoms with Crippen LogP contribution >= 0.6 is 11.3 Å². The van der Waals surface area contributed by atoms with Gasteiger partial charge >= 0.3 is 12.3 Å². The average molecular weight is 675 g/mol. The number of hydrogen-bond acceptors (Lipinski definition) is 9. The molecule has 14 heteroatoms. The van der Waals surface area contributed by atoms with Gasteiger partial charge in [-0.3, -0.25) is 15.2 Å². The van der Waals surface area contributed by atoms with Crippen LogP contribution < -0.4 is 10.7 Å². The molecule has 254 valence electrons. The number of hydrogen-bond donors (Lipinski definition) is 3. The van der Waals surface area contributed by atoms with E-state index in [9.17, 15) is 27.9 Å². The third kappa shape index (κ3) is 8.47. The number of amides is 2. The summed E-state index contributed by atoms with van der Waals surface area (Å²) in [4.78, 5) is 33.7. The number of nitrogens with zero attached hydrogens (tertiary/aromatic N) is 4. The molecular weight excluding hydrogens is 633 g/mol.